The summed E-state index contributed by atoms with van der Waals surface area (Å²) in [6, 6.07) is 3.42. The Balaban J connectivity index is 2.28. The van der Waals surface area contributed by atoms with Crippen LogP contribution in [0.2, 0.25) is 0 Å². The lowest BCUT2D eigenvalue weighted by Crippen LogP contribution is -2.09. The molecule has 1 aliphatic carbocycles. The molecule has 6 nitrogen and oxygen atoms in total. The summed E-state index contributed by atoms with van der Waals surface area (Å²) in [7, 11) is 0. The summed E-state index contributed by atoms with van der Waals surface area (Å²) < 4.78 is 0. The van der Waals surface area contributed by atoms with E-state index in [2.05, 4.69) is 17.2 Å². The molecule has 1 N–H and O–H groups in total. The fourth-order valence-electron chi connectivity index (χ4n) is 1.89. The van der Waals surface area contributed by atoms with E-state index in [1.807, 2.05) is 6.07 Å². The lowest BCUT2D eigenvalue weighted by Gasteiger charge is -2.05. The maximum Gasteiger partial charge on any atom is 0.328 e. The molecule has 88 valence electrons. The first kappa shape index (κ1) is 11.3. The van der Waals surface area contributed by atoms with E-state index in [0.717, 1.165) is 12.8 Å². The van der Waals surface area contributed by atoms with Gasteiger partial charge in [-0.15, -0.1) is 0 Å². The van der Waals surface area contributed by atoms with Gasteiger partial charge in [-0.05, 0) is 18.4 Å². The van der Waals surface area contributed by atoms with Crippen molar-refractivity contribution >= 4 is 11.5 Å². The van der Waals surface area contributed by atoms with Gasteiger partial charge >= 0.3 is 5.69 Å². The second-order valence-corrected chi connectivity index (χ2v) is 4.08. The van der Waals surface area contributed by atoms with Crippen molar-refractivity contribution in [3.8, 4) is 6.07 Å². The molecule has 1 aliphatic rings. The van der Waals surface area contributed by atoms with Crippen molar-refractivity contribution in [2.75, 3.05) is 5.32 Å². The topological polar surface area (TPSA) is 91.8 Å². The van der Waals surface area contributed by atoms with Crippen LogP contribution < -0.4 is 5.32 Å². The van der Waals surface area contributed by atoms with Crippen molar-refractivity contribution in [3.63, 3.8) is 0 Å². The minimum atomic E-state index is -0.558. The van der Waals surface area contributed by atoms with Crippen LogP contribution in [0.3, 0.4) is 0 Å². The smallest absolute Gasteiger partial charge is 0.328 e. The largest absolute Gasteiger partial charge is 0.361 e. The maximum absolute atomic E-state index is 10.9. The van der Waals surface area contributed by atoms with Crippen molar-refractivity contribution in [3.05, 3.63) is 27.9 Å². The molecule has 0 aromatic carbocycles. The Labute approximate surface area is 98.4 Å². The number of hydrogen-bond acceptors (Lipinski definition) is 5. The molecule has 0 radical (unpaired) electrons. The number of nitriles is 1. The molecule has 0 amide bonds. The van der Waals surface area contributed by atoms with Gasteiger partial charge in [0.1, 0.15) is 11.6 Å². The molecule has 1 heterocycles. The molecular weight excluding hydrogens is 220 g/mol. The van der Waals surface area contributed by atoms with Crippen molar-refractivity contribution in [2.24, 2.45) is 5.92 Å². The van der Waals surface area contributed by atoms with E-state index in [4.69, 9.17) is 5.26 Å². The van der Waals surface area contributed by atoms with Gasteiger partial charge in [-0.1, -0.05) is 13.3 Å². The lowest BCUT2D eigenvalue weighted by atomic mass is 10.2. The van der Waals surface area contributed by atoms with Crippen LogP contribution in [0.4, 0.5) is 11.5 Å². The van der Waals surface area contributed by atoms with Crippen LogP contribution in [0.15, 0.2) is 12.3 Å². The highest BCUT2D eigenvalue weighted by atomic mass is 16.6. The average molecular weight is 232 g/mol. The van der Waals surface area contributed by atoms with Crippen molar-refractivity contribution in [1.29, 1.82) is 5.26 Å². The van der Waals surface area contributed by atoms with E-state index >= 15 is 0 Å². The van der Waals surface area contributed by atoms with Gasteiger partial charge in [0.2, 0.25) is 5.82 Å². The third-order valence-corrected chi connectivity index (χ3v) is 3.00. The van der Waals surface area contributed by atoms with Crippen LogP contribution in [0.5, 0.6) is 0 Å². The fourth-order valence-corrected chi connectivity index (χ4v) is 1.89. The highest BCUT2D eigenvalue weighted by molar-refractivity contribution is 5.64. The number of nitrogens with zero attached hydrogens (tertiary/aromatic N) is 3. The first-order valence-electron chi connectivity index (χ1n) is 5.47. The zero-order valence-corrected chi connectivity index (χ0v) is 9.38. The van der Waals surface area contributed by atoms with Crippen LogP contribution >= 0.6 is 0 Å². The quantitative estimate of drug-likeness (QED) is 0.633. The normalized spacial score (nSPS) is 21.6. The number of pyridine rings is 1. The molecule has 0 saturated heterocycles. The maximum atomic E-state index is 10.9. The van der Waals surface area contributed by atoms with Gasteiger partial charge in [0.05, 0.1) is 4.92 Å². The summed E-state index contributed by atoms with van der Waals surface area (Å²) >= 11 is 0. The van der Waals surface area contributed by atoms with Gasteiger partial charge in [0.25, 0.3) is 0 Å². The third-order valence-electron chi connectivity index (χ3n) is 3.00. The SMILES string of the molecule is CCC1CC1Nc1nccc(C#N)c1[N+](=O)[O-]. The Morgan fingerprint density at radius 2 is 2.53 bits per heavy atom. The molecule has 0 spiro atoms. The highest BCUT2D eigenvalue weighted by Gasteiger charge is 2.37. The van der Waals surface area contributed by atoms with Gasteiger partial charge in [0.15, 0.2) is 0 Å². The Morgan fingerprint density at radius 1 is 1.76 bits per heavy atom. The zero-order valence-electron chi connectivity index (χ0n) is 9.38. The molecule has 2 unspecified atom stereocenters. The summed E-state index contributed by atoms with van der Waals surface area (Å²) in [5.41, 5.74) is -0.182. The predicted molar refractivity (Wildman–Crippen MR) is 61.4 cm³/mol. The van der Waals surface area contributed by atoms with E-state index in [0.29, 0.717) is 5.92 Å². The number of nitro groups is 1. The fraction of sp³-hybridized carbons (Fsp3) is 0.455. The molecule has 1 aromatic rings. The monoisotopic (exact) mass is 232 g/mol. The third kappa shape index (κ3) is 2.18. The van der Waals surface area contributed by atoms with E-state index < -0.39 is 4.92 Å². The Morgan fingerprint density at radius 3 is 3.06 bits per heavy atom. The highest BCUT2D eigenvalue weighted by Crippen LogP contribution is 2.38. The molecular formula is C11H12N4O2. The summed E-state index contributed by atoms with van der Waals surface area (Å²) in [5, 5.41) is 22.8. The number of anilines is 1. The summed E-state index contributed by atoms with van der Waals surface area (Å²) in [4.78, 5) is 14.3. The number of aromatic nitrogens is 1. The number of nitrogens with one attached hydrogen (secondary N) is 1. The van der Waals surface area contributed by atoms with Gasteiger partial charge in [0, 0.05) is 12.2 Å². The van der Waals surface area contributed by atoms with Crippen LogP contribution in [-0.4, -0.2) is 15.9 Å². The molecule has 17 heavy (non-hydrogen) atoms. The Kier molecular flexibility index (Phi) is 2.91. The second kappa shape index (κ2) is 4.37. The minimum absolute atomic E-state index is 0.0428. The van der Waals surface area contributed by atoms with Crippen LogP contribution in [-0.2, 0) is 0 Å². The van der Waals surface area contributed by atoms with E-state index in [9.17, 15) is 10.1 Å². The van der Waals surface area contributed by atoms with E-state index in [1.165, 1.54) is 12.3 Å². The summed E-state index contributed by atoms with van der Waals surface area (Å²) in [6.07, 6.45) is 3.47. The molecule has 6 heteroatoms. The number of hydrogen-bond donors (Lipinski definition) is 1. The van der Waals surface area contributed by atoms with Gasteiger partial charge < -0.3 is 5.32 Å². The summed E-state index contributed by atoms with van der Waals surface area (Å²) in [6.45, 7) is 2.08. The van der Waals surface area contributed by atoms with Crippen LogP contribution in [0.25, 0.3) is 0 Å². The molecule has 1 fully saturated rings. The van der Waals surface area contributed by atoms with Crippen LogP contribution in [0.1, 0.15) is 25.3 Å². The first-order valence-corrected chi connectivity index (χ1v) is 5.47. The number of rotatable bonds is 4. The second-order valence-electron chi connectivity index (χ2n) is 4.08. The van der Waals surface area contributed by atoms with E-state index in [-0.39, 0.29) is 23.1 Å². The zero-order chi connectivity index (χ0) is 12.4. The lowest BCUT2D eigenvalue weighted by molar-refractivity contribution is -0.384. The first-order chi connectivity index (χ1) is 8.17. The van der Waals surface area contributed by atoms with Crippen molar-refractivity contribution in [2.45, 2.75) is 25.8 Å². The Hall–Kier alpha value is -2.16. The van der Waals surface area contributed by atoms with Gasteiger partial charge in [-0.25, -0.2) is 4.98 Å². The van der Waals surface area contributed by atoms with E-state index in [1.54, 1.807) is 0 Å². The van der Waals surface area contributed by atoms with Crippen molar-refractivity contribution in [1.82, 2.24) is 4.98 Å². The molecule has 2 atom stereocenters. The average Bonchev–Trinajstić information content (AvgIpc) is 3.06. The van der Waals surface area contributed by atoms with Gasteiger partial charge in [-0.3, -0.25) is 10.1 Å². The minimum Gasteiger partial charge on any atom is -0.361 e. The molecule has 2 rings (SSSR count). The molecule has 0 bridgehead atoms. The van der Waals surface area contributed by atoms with Crippen molar-refractivity contribution < 1.29 is 4.92 Å². The standard InChI is InChI=1S/C11H12N4O2/c1-2-7-5-9(7)14-11-10(15(16)17)8(6-12)3-4-13-11/h3-4,7,9H,2,5H2,1H3,(H,13,14). The Bertz CT molecular complexity index is 495. The molecule has 0 aliphatic heterocycles. The molecule has 1 saturated carbocycles. The van der Waals surface area contributed by atoms with Gasteiger partial charge in [-0.2, -0.15) is 5.26 Å². The van der Waals surface area contributed by atoms with Crippen LogP contribution in [0, 0.1) is 27.4 Å². The predicted octanol–water partition coefficient (Wildman–Crippen LogP) is 2.07. The summed E-state index contributed by atoms with van der Waals surface area (Å²) in [5.74, 6) is 0.761. The molecule has 1 aromatic heterocycles.